The number of piperazine rings is 1. The lowest BCUT2D eigenvalue weighted by Crippen LogP contribution is -2.53. The van der Waals surface area contributed by atoms with Gasteiger partial charge in [-0.2, -0.15) is 0 Å². The number of amides is 2. The number of rotatable bonds is 9. The Bertz CT molecular complexity index is 549. The predicted molar refractivity (Wildman–Crippen MR) is 115 cm³/mol. The summed E-state index contributed by atoms with van der Waals surface area (Å²) >= 11 is 0. The summed E-state index contributed by atoms with van der Waals surface area (Å²) in [4.78, 5) is 32.3. The van der Waals surface area contributed by atoms with Gasteiger partial charge in [0.25, 0.3) is 0 Å². The van der Waals surface area contributed by atoms with Gasteiger partial charge in [0.2, 0.25) is 11.8 Å². The van der Waals surface area contributed by atoms with Crippen LogP contribution in [-0.2, 0) is 19.1 Å². The molecule has 1 saturated carbocycles. The molecule has 3 fully saturated rings. The number of hydrogen-bond acceptors (Lipinski definition) is 6. The second-order valence-electron chi connectivity index (χ2n) is 8.95. The van der Waals surface area contributed by atoms with Crippen LogP contribution in [0.25, 0.3) is 0 Å². The molecular weight excluding hydrogens is 384 g/mol. The lowest BCUT2D eigenvalue weighted by atomic mass is 9.88. The highest BCUT2D eigenvalue weighted by Gasteiger charge is 2.43. The predicted octanol–water partition coefficient (Wildman–Crippen LogP) is 0.563. The van der Waals surface area contributed by atoms with E-state index in [0.29, 0.717) is 38.6 Å². The minimum absolute atomic E-state index is 0.0265. The smallest absolute Gasteiger partial charge is 0.249 e. The van der Waals surface area contributed by atoms with Crippen LogP contribution < -0.4 is 5.32 Å². The molecule has 172 valence electrons. The summed E-state index contributed by atoms with van der Waals surface area (Å²) in [5, 5.41) is 3.29. The molecule has 3 aliphatic rings. The van der Waals surface area contributed by atoms with Gasteiger partial charge in [0, 0.05) is 66.1 Å². The molecule has 2 amide bonds. The minimum atomic E-state index is -0.382. The summed E-state index contributed by atoms with van der Waals surface area (Å²) in [7, 11) is 3.27. The average Bonchev–Trinajstić information content (AvgIpc) is 3.23. The van der Waals surface area contributed by atoms with Crippen molar-refractivity contribution in [2.24, 2.45) is 5.92 Å². The number of carbonyl (C=O) groups excluding carboxylic acids is 2. The molecule has 2 saturated heterocycles. The third-order valence-corrected chi connectivity index (χ3v) is 6.90. The van der Waals surface area contributed by atoms with Gasteiger partial charge in [0.15, 0.2) is 0 Å². The fraction of sp³-hybridized carbons (Fsp3) is 0.909. The Hall–Kier alpha value is -1.22. The van der Waals surface area contributed by atoms with Crippen LogP contribution in [0.15, 0.2) is 0 Å². The maximum absolute atomic E-state index is 13.3. The third kappa shape index (κ3) is 6.15. The van der Waals surface area contributed by atoms with Gasteiger partial charge >= 0.3 is 0 Å². The van der Waals surface area contributed by atoms with E-state index in [9.17, 15) is 9.59 Å². The molecule has 2 aliphatic heterocycles. The van der Waals surface area contributed by atoms with Crippen molar-refractivity contribution in [3.05, 3.63) is 0 Å². The standard InChI is InChI=1S/C22H40N4O4/c1-29-13-12-25(15-18-6-4-3-5-7-18)19-14-20(26(16-19)21(27)17-30-2)22(28)24-10-8-23-9-11-24/h18-20,23H,3-17H2,1-2H3. The Morgan fingerprint density at radius 1 is 1.07 bits per heavy atom. The van der Waals surface area contributed by atoms with Gasteiger partial charge in [-0.1, -0.05) is 19.3 Å². The van der Waals surface area contributed by atoms with Crippen LogP contribution in [-0.4, -0.2) is 112 Å². The Balaban J connectivity index is 1.71. The number of nitrogens with zero attached hydrogens (tertiary/aromatic N) is 3. The average molecular weight is 425 g/mol. The van der Waals surface area contributed by atoms with Crippen molar-refractivity contribution >= 4 is 11.8 Å². The zero-order chi connectivity index (χ0) is 21.3. The maximum atomic E-state index is 13.3. The first-order valence-corrected chi connectivity index (χ1v) is 11.6. The van der Waals surface area contributed by atoms with Crippen molar-refractivity contribution in [3.63, 3.8) is 0 Å². The van der Waals surface area contributed by atoms with Crippen LogP contribution in [0.5, 0.6) is 0 Å². The molecule has 0 aromatic rings. The largest absolute Gasteiger partial charge is 0.383 e. The SMILES string of the molecule is COCCN(CC1CCCCC1)C1CC(C(=O)N2CCNCC2)N(C(=O)COC)C1. The van der Waals surface area contributed by atoms with Crippen LogP contribution in [0, 0.1) is 5.92 Å². The Labute approximate surface area is 181 Å². The molecule has 3 rings (SSSR count). The summed E-state index contributed by atoms with van der Waals surface area (Å²) in [6, 6.07) is -0.188. The second-order valence-corrected chi connectivity index (χ2v) is 8.95. The van der Waals surface area contributed by atoms with Gasteiger partial charge in [-0.3, -0.25) is 14.5 Å². The molecule has 0 radical (unpaired) electrons. The molecule has 30 heavy (non-hydrogen) atoms. The number of likely N-dealkylation sites (tertiary alicyclic amines) is 1. The second kappa shape index (κ2) is 12.0. The molecule has 0 aromatic heterocycles. The molecule has 2 unspecified atom stereocenters. The first kappa shape index (κ1) is 23.4. The van der Waals surface area contributed by atoms with Gasteiger partial charge in [0.1, 0.15) is 12.6 Å². The molecule has 1 N–H and O–H groups in total. The highest BCUT2D eigenvalue weighted by molar-refractivity contribution is 5.89. The van der Waals surface area contributed by atoms with E-state index in [1.807, 2.05) is 4.90 Å². The van der Waals surface area contributed by atoms with E-state index in [1.54, 1.807) is 12.0 Å². The first-order chi connectivity index (χ1) is 14.6. The maximum Gasteiger partial charge on any atom is 0.249 e. The summed E-state index contributed by atoms with van der Waals surface area (Å²) in [5.74, 6) is 0.715. The summed E-state index contributed by atoms with van der Waals surface area (Å²) < 4.78 is 10.5. The van der Waals surface area contributed by atoms with Gasteiger partial charge in [-0.05, 0) is 25.2 Å². The third-order valence-electron chi connectivity index (χ3n) is 6.90. The number of carbonyl (C=O) groups is 2. The molecule has 8 heteroatoms. The van der Waals surface area contributed by atoms with Gasteiger partial charge in [-0.25, -0.2) is 0 Å². The van der Waals surface area contributed by atoms with E-state index >= 15 is 0 Å². The van der Waals surface area contributed by atoms with Crippen molar-refractivity contribution in [1.82, 2.24) is 20.0 Å². The highest BCUT2D eigenvalue weighted by atomic mass is 16.5. The quantitative estimate of drug-likeness (QED) is 0.583. The van der Waals surface area contributed by atoms with E-state index in [2.05, 4.69) is 10.2 Å². The van der Waals surface area contributed by atoms with E-state index in [4.69, 9.17) is 9.47 Å². The monoisotopic (exact) mass is 424 g/mol. The van der Waals surface area contributed by atoms with Crippen LogP contribution >= 0.6 is 0 Å². The summed E-state index contributed by atoms with van der Waals surface area (Å²) in [5.41, 5.74) is 0. The zero-order valence-corrected chi connectivity index (χ0v) is 18.8. The van der Waals surface area contributed by atoms with Crippen molar-refractivity contribution in [2.45, 2.75) is 50.6 Å². The van der Waals surface area contributed by atoms with E-state index < -0.39 is 0 Å². The first-order valence-electron chi connectivity index (χ1n) is 11.6. The van der Waals surface area contributed by atoms with E-state index in [-0.39, 0.29) is 30.5 Å². The van der Waals surface area contributed by atoms with Crippen LogP contribution in [0.3, 0.4) is 0 Å². The molecule has 2 atom stereocenters. The molecular formula is C22H40N4O4. The molecule has 2 heterocycles. The molecule has 0 spiro atoms. The summed E-state index contributed by atoms with van der Waals surface area (Å²) in [6.45, 7) is 6.23. The van der Waals surface area contributed by atoms with Crippen LogP contribution in [0.4, 0.5) is 0 Å². The fourth-order valence-corrected chi connectivity index (χ4v) is 5.22. The fourth-order valence-electron chi connectivity index (χ4n) is 5.22. The molecule has 1 aliphatic carbocycles. The van der Waals surface area contributed by atoms with Gasteiger partial charge in [-0.15, -0.1) is 0 Å². The van der Waals surface area contributed by atoms with Crippen molar-refractivity contribution in [1.29, 1.82) is 0 Å². The normalized spacial score (nSPS) is 25.8. The zero-order valence-electron chi connectivity index (χ0n) is 18.8. The van der Waals surface area contributed by atoms with Crippen molar-refractivity contribution < 1.29 is 19.1 Å². The van der Waals surface area contributed by atoms with Crippen LogP contribution in [0.2, 0.25) is 0 Å². The van der Waals surface area contributed by atoms with Crippen LogP contribution in [0.1, 0.15) is 38.5 Å². The van der Waals surface area contributed by atoms with Gasteiger partial charge in [0.05, 0.1) is 6.61 Å². The highest BCUT2D eigenvalue weighted by Crippen LogP contribution is 2.29. The lowest BCUT2D eigenvalue weighted by Gasteiger charge is -2.33. The minimum Gasteiger partial charge on any atom is -0.383 e. The van der Waals surface area contributed by atoms with Crippen molar-refractivity contribution in [2.75, 3.05) is 73.2 Å². The molecule has 0 aromatic carbocycles. The number of nitrogens with one attached hydrogen (secondary N) is 1. The topological polar surface area (TPSA) is 74.4 Å². The van der Waals surface area contributed by atoms with Crippen molar-refractivity contribution in [3.8, 4) is 0 Å². The van der Waals surface area contributed by atoms with E-state index in [1.165, 1.54) is 39.2 Å². The molecule has 8 nitrogen and oxygen atoms in total. The lowest BCUT2D eigenvalue weighted by molar-refractivity contribution is -0.146. The number of methoxy groups -OCH3 is 2. The van der Waals surface area contributed by atoms with E-state index in [0.717, 1.165) is 26.2 Å². The Kier molecular flexibility index (Phi) is 9.36. The Morgan fingerprint density at radius 2 is 1.80 bits per heavy atom. The Morgan fingerprint density at radius 3 is 2.47 bits per heavy atom. The van der Waals surface area contributed by atoms with Gasteiger partial charge < -0.3 is 24.6 Å². The number of hydrogen-bond donors (Lipinski definition) is 1. The summed E-state index contributed by atoms with van der Waals surface area (Å²) in [6.07, 6.45) is 7.25. The number of ether oxygens (including phenoxy) is 2. The molecule has 0 bridgehead atoms.